The van der Waals surface area contributed by atoms with Crippen LogP contribution in [0.15, 0.2) is 36.4 Å². The predicted octanol–water partition coefficient (Wildman–Crippen LogP) is 5.51. The minimum Gasteiger partial charge on any atom is -0.495 e. The number of amides is 1. The summed E-state index contributed by atoms with van der Waals surface area (Å²) in [5.41, 5.74) is 1.49. The van der Waals surface area contributed by atoms with Crippen molar-refractivity contribution >= 4 is 46.4 Å². The molecule has 144 valence electrons. The van der Waals surface area contributed by atoms with Crippen molar-refractivity contribution < 1.29 is 9.53 Å². The highest BCUT2D eigenvalue weighted by Crippen LogP contribution is 2.30. The molecule has 1 saturated heterocycles. The lowest BCUT2D eigenvalue weighted by molar-refractivity contribution is -0.121. The second-order valence-corrected chi connectivity index (χ2v) is 7.86. The number of likely N-dealkylation sites (tertiary alicyclic amines) is 1. The molecule has 1 aliphatic heterocycles. The van der Waals surface area contributed by atoms with Gasteiger partial charge in [0.1, 0.15) is 5.75 Å². The van der Waals surface area contributed by atoms with E-state index < -0.39 is 0 Å². The van der Waals surface area contributed by atoms with E-state index in [0.29, 0.717) is 39.6 Å². The molecule has 4 nitrogen and oxygen atoms in total. The number of carbonyl (C=O) groups excluding carboxylic acids is 1. The number of rotatable bonds is 5. The summed E-state index contributed by atoms with van der Waals surface area (Å²) in [5.74, 6) is 0.428. The summed E-state index contributed by atoms with van der Waals surface area (Å²) < 4.78 is 5.30. The fourth-order valence-electron chi connectivity index (χ4n) is 3.33. The molecule has 1 fully saturated rings. The molecule has 0 bridgehead atoms. The smallest absolute Gasteiger partial charge is 0.228 e. The molecule has 2 aromatic rings. The predicted molar refractivity (Wildman–Crippen MR) is 111 cm³/mol. The molecule has 1 heterocycles. The number of piperidine rings is 1. The normalized spacial score (nSPS) is 17.6. The van der Waals surface area contributed by atoms with Crippen LogP contribution < -0.4 is 10.1 Å². The summed E-state index contributed by atoms with van der Waals surface area (Å²) in [4.78, 5) is 15.0. The van der Waals surface area contributed by atoms with Crippen molar-refractivity contribution in [2.45, 2.75) is 19.4 Å². The van der Waals surface area contributed by atoms with Gasteiger partial charge in [-0.25, -0.2) is 0 Å². The Balaban J connectivity index is 1.67. The number of nitrogens with zero attached hydrogens (tertiary/aromatic N) is 1. The van der Waals surface area contributed by atoms with E-state index >= 15 is 0 Å². The second kappa shape index (κ2) is 9.16. The Bertz CT molecular complexity index is 809. The molecule has 1 atom stereocenters. The lowest BCUT2D eigenvalue weighted by Gasteiger charge is -2.32. The van der Waals surface area contributed by atoms with Crippen LogP contribution in [-0.4, -0.2) is 31.0 Å². The Morgan fingerprint density at radius 2 is 1.96 bits per heavy atom. The molecule has 2 aromatic carbocycles. The molecular weight excluding hydrogens is 407 g/mol. The van der Waals surface area contributed by atoms with Crippen LogP contribution in [0.25, 0.3) is 0 Å². The van der Waals surface area contributed by atoms with Crippen molar-refractivity contribution in [3.63, 3.8) is 0 Å². The first-order chi connectivity index (χ1) is 13.0. The van der Waals surface area contributed by atoms with Crippen LogP contribution in [0.2, 0.25) is 15.1 Å². The minimum atomic E-state index is -0.122. The molecule has 0 spiro atoms. The highest BCUT2D eigenvalue weighted by molar-refractivity contribution is 6.36. The number of hydrogen-bond acceptors (Lipinski definition) is 3. The highest BCUT2D eigenvalue weighted by Gasteiger charge is 2.27. The molecule has 7 heteroatoms. The van der Waals surface area contributed by atoms with Gasteiger partial charge in [0.15, 0.2) is 0 Å². The molecule has 0 saturated carbocycles. The number of methoxy groups -OCH3 is 1. The van der Waals surface area contributed by atoms with Gasteiger partial charge in [-0.15, -0.1) is 0 Å². The Labute approximate surface area is 174 Å². The number of benzene rings is 2. The van der Waals surface area contributed by atoms with Crippen LogP contribution in [0, 0.1) is 5.92 Å². The van der Waals surface area contributed by atoms with E-state index in [4.69, 9.17) is 39.5 Å². The van der Waals surface area contributed by atoms with Gasteiger partial charge in [0, 0.05) is 33.7 Å². The molecule has 1 N–H and O–H groups in total. The van der Waals surface area contributed by atoms with Gasteiger partial charge in [0.2, 0.25) is 5.91 Å². The zero-order valence-corrected chi connectivity index (χ0v) is 17.2. The van der Waals surface area contributed by atoms with Gasteiger partial charge < -0.3 is 10.1 Å². The van der Waals surface area contributed by atoms with E-state index in [9.17, 15) is 4.79 Å². The fourth-order valence-corrected chi connectivity index (χ4v) is 4.02. The summed E-state index contributed by atoms with van der Waals surface area (Å²) in [6, 6.07) is 10.7. The van der Waals surface area contributed by atoms with Crippen molar-refractivity contribution in [2.24, 2.45) is 5.92 Å². The van der Waals surface area contributed by atoms with E-state index in [0.717, 1.165) is 24.9 Å². The maximum atomic E-state index is 12.8. The summed E-state index contributed by atoms with van der Waals surface area (Å²) >= 11 is 18.6. The van der Waals surface area contributed by atoms with E-state index in [1.165, 1.54) is 0 Å². The van der Waals surface area contributed by atoms with Gasteiger partial charge in [-0.05, 0) is 49.7 Å². The summed E-state index contributed by atoms with van der Waals surface area (Å²) in [7, 11) is 1.56. The Kier molecular flexibility index (Phi) is 6.88. The first-order valence-corrected chi connectivity index (χ1v) is 9.91. The SMILES string of the molecule is COc1ccc(Cl)cc1NC(=O)[C@H]1CCCN(Cc2c(Cl)cccc2Cl)C1. The number of halogens is 3. The maximum Gasteiger partial charge on any atom is 0.228 e. The topological polar surface area (TPSA) is 41.6 Å². The van der Waals surface area contributed by atoms with Crippen molar-refractivity contribution in [1.82, 2.24) is 4.90 Å². The third kappa shape index (κ3) is 5.08. The first kappa shape index (κ1) is 20.3. The lowest BCUT2D eigenvalue weighted by atomic mass is 9.96. The number of nitrogens with one attached hydrogen (secondary N) is 1. The molecule has 0 unspecified atom stereocenters. The van der Waals surface area contributed by atoms with Crippen LogP contribution in [0.3, 0.4) is 0 Å². The Hall–Kier alpha value is -1.46. The summed E-state index contributed by atoms with van der Waals surface area (Å²) in [6.07, 6.45) is 1.77. The van der Waals surface area contributed by atoms with Gasteiger partial charge >= 0.3 is 0 Å². The van der Waals surface area contributed by atoms with Crippen molar-refractivity contribution in [3.05, 3.63) is 57.0 Å². The summed E-state index contributed by atoms with van der Waals surface area (Å²) in [6.45, 7) is 2.19. The largest absolute Gasteiger partial charge is 0.495 e. The highest BCUT2D eigenvalue weighted by atomic mass is 35.5. The monoisotopic (exact) mass is 426 g/mol. The van der Waals surface area contributed by atoms with Crippen molar-refractivity contribution in [1.29, 1.82) is 0 Å². The van der Waals surface area contributed by atoms with Gasteiger partial charge in [0.25, 0.3) is 0 Å². The van der Waals surface area contributed by atoms with Crippen molar-refractivity contribution in [2.75, 3.05) is 25.5 Å². The number of hydrogen-bond donors (Lipinski definition) is 1. The molecular formula is C20H21Cl3N2O2. The van der Waals surface area contributed by atoms with E-state index in [1.54, 1.807) is 25.3 Å². The molecule has 0 radical (unpaired) electrons. The van der Waals surface area contributed by atoms with Crippen LogP contribution in [0.1, 0.15) is 18.4 Å². The van der Waals surface area contributed by atoms with E-state index in [-0.39, 0.29) is 11.8 Å². The molecule has 3 rings (SSSR count). The average Bonchev–Trinajstić information content (AvgIpc) is 2.65. The second-order valence-electron chi connectivity index (χ2n) is 6.61. The van der Waals surface area contributed by atoms with Crippen LogP contribution in [-0.2, 0) is 11.3 Å². The molecule has 27 heavy (non-hydrogen) atoms. The molecule has 1 amide bonds. The number of ether oxygens (including phenoxy) is 1. The third-order valence-corrected chi connectivity index (χ3v) is 5.68. The van der Waals surface area contributed by atoms with E-state index in [2.05, 4.69) is 10.2 Å². The minimum absolute atomic E-state index is 0.0366. The van der Waals surface area contributed by atoms with Crippen LogP contribution in [0.5, 0.6) is 5.75 Å². The molecule has 0 aliphatic carbocycles. The molecule has 0 aromatic heterocycles. The molecule has 1 aliphatic rings. The number of carbonyl (C=O) groups is 1. The van der Waals surface area contributed by atoms with Crippen LogP contribution in [0.4, 0.5) is 5.69 Å². The van der Waals surface area contributed by atoms with Crippen LogP contribution >= 0.6 is 34.8 Å². The van der Waals surface area contributed by atoms with E-state index in [1.807, 2.05) is 18.2 Å². The Morgan fingerprint density at radius 3 is 2.67 bits per heavy atom. The quantitative estimate of drug-likeness (QED) is 0.684. The lowest BCUT2D eigenvalue weighted by Crippen LogP contribution is -2.40. The zero-order chi connectivity index (χ0) is 19.4. The first-order valence-electron chi connectivity index (χ1n) is 8.77. The maximum absolute atomic E-state index is 12.8. The Morgan fingerprint density at radius 1 is 1.22 bits per heavy atom. The number of anilines is 1. The van der Waals surface area contributed by atoms with Crippen molar-refractivity contribution in [3.8, 4) is 5.75 Å². The van der Waals surface area contributed by atoms with Gasteiger partial charge in [0.05, 0.1) is 18.7 Å². The summed E-state index contributed by atoms with van der Waals surface area (Å²) in [5, 5.41) is 4.80. The van der Waals surface area contributed by atoms with Gasteiger partial charge in [-0.2, -0.15) is 0 Å². The average molecular weight is 428 g/mol. The third-order valence-electron chi connectivity index (χ3n) is 4.74. The zero-order valence-electron chi connectivity index (χ0n) is 15.0. The van der Waals surface area contributed by atoms with Gasteiger partial charge in [-0.3, -0.25) is 9.69 Å². The van der Waals surface area contributed by atoms with Gasteiger partial charge in [-0.1, -0.05) is 40.9 Å². The standard InChI is InChI=1S/C20H21Cl3N2O2/c1-27-19-8-7-14(21)10-18(19)24-20(26)13-4-3-9-25(11-13)12-15-16(22)5-2-6-17(15)23/h2,5-8,10,13H,3-4,9,11-12H2,1H3,(H,24,26)/t13-/m0/s1. The fraction of sp³-hybridized carbons (Fsp3) is 0.350.